The van der Waals surface area contributed by atoms with Crippen LogP contribution in [-0.4, -0.2) is 96.7 Å². The van der Waals surface area contributed by atoms with Crippen molar-refractivity contribution in [2.75, 3.05) is 39.6 Å². The summed E-state index contributed by atoms with van der Waals surface area (Å²) in [6, 6.07) is 0. The van der Waals surface area contributed by atoms with Crippen molar-refractivity contribution in [3.8, 4) is 0 Å². The lowest BCUT2D eigenvalue weighted by Crippen LogP contribution is -2.30. The third-order valence-electron chi connectivity index (χ3n) is 16.9. The Kier molecular flexibility index (Phi) is 73.3. The summed E-state index contributed by atoms with van der Waals surface area (Å²) >= 11 is 0. The SMILES string of the molecule is CC/C=C\C/C=C\C/C=C\C/C=C\CCCCCCCCC(=O)OCC(COP(=O)(O)OCC(O)COP(=O)(O)OCC(COC(=O)CCCCCC/C=C\C/C=C\C/C=C\C/C=C\CC)OC(=O)CCCCCCC/C=C\CCCCCC)OC(=O)CCCCCCC/C=C\CCCCCCCC. The van der Waals surface area contributed by atoms with E-state index in [0.29, 0.717) is 25.7 Å². The third kappa shape index (κ3) is 75.7. The summed E-state index contributed by atoms with van der Waals surface area (Å²) < 4.78 is 68.6. The van der Waals surface area contributed by atoms with E-state index in [0.717, 1.165) is 193 Å². The lowest BCUT2D eigenvalue weighted by molar-refractivity contribution is -0.161. The standard InChI is InChI=1S/C85H146O17P2/c1-5-9-13-17-21-25-29-33-36-38-39-41-44-47-50-54-58-62-66-70-83(88)96-76-81(102-85(90)72-68-64-60-56-52-48-42-35-31-27-23-19-15-11-7-3)78-100-104(93,94)98-74-79(86)73-97-103(91,92)99-77-80(101-84(89)71-67-63-59-55-51-45-32-28-24-20-16-12-8-4)75-95-82(87)69-65-61-57-53-49-46-43-40-37-34-30-26-22-18-14-10-6-2/h9-10,13-14,21-22,25-26,28,32-37,39,41-43,46,79-81,86H,5-8,11-12,15-20,23-24,27,29-31,38,40,44-45,47-78H2,1-4H3,(H,91,92)(H,93,94)/b13-9-,14-10-,25-21-,26-22-,32-28-,36-33-,37-34-,41-39-,42-35-,46-43-. The molecule has 0 saturated heterocycles. The number of aliphatic hydroxyl groups excluding tert-OH is 1. The summed E-state index contributed by atoms with van der Waals surface area (Å²) in [5.41, 5.74) is 0. The van der Waals surface area contributed by atoms with E-state index in [-0.39, 0.29) is 25.7 Å². The predicted octanol–water partition coefficient (Wildman–Crippen LogP) is 23.9. The number of carbonyl (C=O) groups is 4. The molecule has 0 aromatic rings. The van der Waals surface area contributed by atoms with Gasteiger partial charge in [0.15, 0.2) is 12.2 Å². The topological polar surface area (TPSA) is 237 Å². The number of unbranched alkanes of at least 4 members (excludes halogenated alkanes) is 30. The number of carbonyl (C=O) groups excluding carboxylic acids is 4. The maximum Gasteiger partial charge on any atom is 0.472 e. The molecular weight excluding hydrogens is 1350 g/mol. The van der Waals surface area contributed by atoms with Gasteiger partial charge in [-0.15, -0.1) is 0 Å². The van der Waals surface area contributed by atoms with Crippen LogP contribution in [-0.2, 0) is 65.4 Å². The molecule has 104 heavy (non-hydrogen) atoms. The van der Waals surface area contributed by atoms with E-state index < -0.39 is 97.5 Å². The number of aliphatic hydroxyl groups is 1. The number of allylic oxidation sites excluding steroid dienone is 20. The number of hydrogen-bond acceptors (Lipinski definition) is 15. The first-order valence-electron chi connectivity index (χ1n) is 40.8. The van der Waals surface area contributed by atoms with Gasteiger partial charge in [-0.2, -0.15) is 0 Å². The van der Waals surface area contributed by atoms with Crippen molar-refractivity contribution in [3.05, 3.63) is 122 Å². The fourth-order valence-electron chi connectivity index (χ4n) is 10.7. The van der Waals surface area contributed by atoms with Crippen LogP contribution in [0.4, 0.5) is 0 Å². The molecule has 0 aromatic heterocycles. The number of ether oxygens (including phenoxy) is 4. The predicted molar refractivity (Wildman–Crippen MR) is 427 cm³/mol. The van der Waals surface area contributed by atoms with Crippen molar-refractivity contribution in [1.29, 1.82) is 0 Å². The average Bonchev–Trinajstić information content (AvgIpc) is 0.911. The highest BCUT2D eigenvalue weighted by Crippen LogP contribution is 2.45. The number of rotatable bonds is 76. The Balaban J connectivity index is 5.38. The molecule has 19 heteroatoms. The van der Waals surface area contributed by atoms with Gasteiger partial charge in [0, 0.05) is 25.7 Å². The largest absolute Gasteiger partial charge is 0.472 e. The smallest absolute Gasteiger partial charge is 0.462 e. The van der Waals surface area contributed by atoms with Crippen LogP contribution in [0.25, 0.3) is 0 Å². The van der Waals surface area contributed by atoms with Gasteiger partial charge >= 0.3 is 39.5 Å². The van der Waals surface area contributed by atoms with E-state index >= 15 is 0 Å². The normalized spacial score (nSPS) is 14.5. The van der Waals surface area contributed by atoms with Crippen molar-refractivity contribution < 1.29 is 80.2 Å². The Hall–Kier alpha value is -4.54. The Bertz CT molecular complexity index is 2440. The first-order valence-corrected chi connectivity index (χ1v) is 43.8. The molecule has 0 spiro atoms. The van der Waals surface area contributed by atoms with E-state index in [2.05, 4.69) is 149 Å². The molecule has 3 N–H and O–H groups in total. The van der Waals surface area contributed by atoms with Crippen molar-refractivity contribution in [2.24, 2.45) is 0 Å². The van der Waals surface area contributed by atoms with Crippen LogP contribution in [0.5, 0.6) is 0 Å². The minimum absolute atomic E-state index is 0.0776. The van der Waals surface area contributed by atoms with Crippen molar-refractivity contribution >= 4 is 39.5 Å². The van der Waals surface area contributed by atoms with Gasteiger partial charge in [-0.25, -0.2) is 9.13 Å². The lowest BCUT2D eigenvalue weighted by Gasteiger charge is -2.21. The van der Waals surface area contributed by atoms with Gasteiger partial charge in [-0.3, -0.25) is 37.3 Å². The molecule has 0 aliphatic carbocycles. The molecule has 0 aliphatic heterocycles. The summed E-state index contributed by atoms with van der Waals surface area (Å²) in [7, 11) is -9.97. The van der Waals surface area contributed by atoms with Crippen LogP contribution < -0.4 is 0 Å². The first-order chi connectivity index (χ1) is 50.7. The minimum atomic E-state index is -4.99. The second-order valence-corrected chi connectivity index (χ2v) is 29.8. The van der Waals surface area contributed by atoms with E-state index in [9.17, 15) is 43.2 Å². The summed E-state index contributed by atoms with van der Waals surface area (Å²) in [6.45, 7) is 4.60. The van der Waals surface area contributed by atoms with E-state index in [1.54, 1.807) is 0 Å². The molecule has 0 aromatic carbocycles. The molecule has 0 fully saturated rings. The molecule has 17 nitrogen and oxygen atoms in total. The minimum Gasteiger partial charge on any atom is -0.462 e. The Labute approximate surface area is 632 Å². The Morgan fingerprint density at radius 2 is 0.500 bits per heavy atom. The molecule has 0 heterocycles. The van der Waals surface area contributed by atoms with Gasteiger partial charge in [0.2, 0.25) is 0 Å². The zero-order chi connectivity index (χ0) is 76.0. The third-order valence-corrected chi connectivity index (χ3v) is 18.8. The summed E-state index contributed by atoms with van der Waals surface area (Å²) in [4.78, 5) is 73.1. The van der Waals surface area contributed by atoms with Crippen LogP contribution in [0.3, 0.4) is 0 Å². The Morgan fingerprint density at radius 3 is 0.788 bits per heavy atom. The zero-order valence-corrected chi connectivity index (χ0v) is 67.2. The molecule has 0 rings (SSSR count). The molecule has 0 saturated carbocycles. The summed E-state index contributed by atoms with van der Waals surface area (Å²) in [6.07, 6.45) is 84.5. The zero-order valence-electron chi connectivity index (χ0n) is 65.4. The van der Waals surface area contributed by atoms with Crippen LogP contribution >= 0.6 is 15.6 Å². The fraction of sp³-hybridized carbons (Fsp3) is 0.718. The van der Waals surface area contributed by atoms with Crippen LogP contribution in [0.2, 0.25) is 0 Å². The molecule has 0 bridgehead atoms. The maximum atomic E-state index is 13.1. The second-order valence-electron chi connectivity index (χ2n) is 26.9. The number of hydrogen-bond donors (Lipinski definition) is 3. The Morgan fingerprint density at radius 1 is 0.279 bits per heavy atom. The first kappa shape index (κ1) is 99.5. The van der Waals surface area contributed by atoms with Crippen molar-refractivity contribution in [2.45, 2.75) is 354 Å². The van der Waals surface area contributed by atoms with Gasteiger partial charge < -0.3 is 33.8 Å². The lowest BCUT2D eigenvalue weighted by atomic mass is 10.1. The molecule has 0 amide bonds. The van der Waals surface area contributed by atoms with Gasteiger partial charge in [0.05, 0.1) is 26.4 Å². The number of esters is 4. The van der Waals surface area contributed by atoms with Crippen molar-refractivity contribution in [1.82, 2.24) is 0 Å². The molecular formula is C85H146O17P2. The number of phosphoric acid groups is 2. The maximum absolute atomic E-state index is 13.1. The average molecular weight is 1500 g/mol. The molecule has 0 radical (unpaired) electrons. The fourth-order valence-corrected chi connectivity index (χ4v) is 12.3. The molecule has 0 aliphatic rings. The summed E-state index contributed by atoms with van der Waals surface area (Å²) in [5.74, 6) is -2.23. The van der Waals surface area contributed by atoms with E-state index in [1.807, 2.05) is 0 Å². The highest BCUT2D eigenvalue weighted by atomic mass is 31.2. The quantitative estimate of drug-likeness (QED) is 0.0169. The van der Waals surface area contributed by atoms with Gasteiger partial charge in [-0.1, -0.05) is 278 Å². The molecule has 5 unspecified atom stereocenters. The van der Waals surface area contributed by atoms with Crippen molar-refractivity contribution in [3.63, 3.8) is 0 Å². The summed E-state index contributed by atoms with van der Waals surface area (Å²) in [5, 5.41) is 10.6. The van der Waals surface area contributed by atoms with Gasteiger partial charge in [0.25, 0.3) is 0 Å². The highest BCUT2D eigenvalue weighted by molar-refractivity contribution is 7.47. The van der Waals surface area contributed by atoms with Crippen LogP contribution in [0, 0.1) is 0 Å². The highest BCUT2D eigenvalue weighted by Gasteiger charge is 2.30. The van der Waals surface area contributed by atoms with Gasteiger partial charge in [-0.05, 0) is 154 Å². The van der Waals surface area contributed by atoms with Gasteiger partial charge in [0.1, 0.15) is 19.3 Å². The molecule has 598 valence electrons. The van der Waals surface area contributed by atoms with Crippen LogP contribution in [0.1, 0.15) is 336 Å². The monoisotopic (exact) mass is 1500 g/mol. The second kappa shape index (κ2) is 76.6. The van der Waals surface area contributed by atoms with E-state index in [4.69, 9.17) is 37.0 Å². The van der Waals surface area contributed by atoms with Crippen LogP contribution in [0.15, 0.2) is 122 Å². The number of phosphoric ester groups is 2. The van der Waals surface area contributed by atoms with E-state index in [1.165, 1.54) is 64.2 Å². The molecule has 5 atom stereocenters.